The molecule has 1 heterocycles. The van der Waals surface area contributed by atoms with Crippen LogP contribution >= 0.6 is 0 Å². The van der Waals surface area contributed by atoms with Crippen LogP contribution in [0, 0.1) is 0 Å². The zero-order valence-corrected chi connectivity index (χ0v) is 14.1. The van der Waals surface area contributed by atoms with Gasteiger partial charge >= 0.3 is 0 Å². The molecule has 0 bridgehead atoms. The van der Waals surface area contributed by atoms with Crippen LogP contribution in [0.4, 0.5) is 0 Å². The smallest absolute Gasteiger partial charge is 0.258 e. The van der Waals surface area contributed by atoms with E-state index in [2.05, 4.69) is 15.5 Å². The average molecular weight is 337 g/mol. The van der Waals surface area contributed by atoms with Crippen LogP contribution in [0.25, 0.3) is 22.8 Å². The van der Waals surface area contributed by atoms with Gasteiger partial charge in [0.25, 0.3) is 11.8 Å². The van der Waals surface area contributed by atoms with Crippen molar-refractivity contribution < 1.29 is 14.1 Å². The van der Waals surface area contributed by atoms with Crippen molar-refractivity contribution in [2.24, 2.45) is 0 Å². The summed E-state index contributed by atoms with van der Waals surface area (Å²) < 4.78 is 10.8. The minimum Gasteiger partial charge on any atom is -0.484 e. The molecule has 0 saturated carbocycles. The Bertz CT molecular complexity index is 827. The summed E-state index contributed by atoms with van der Waals surface area (Å²) >= 11 is 0. The number of carbonyl (C=O) groups is 1. The Morgan fingerprint density at radius 1 is 1.08 bits per heavy atom. The zero-order chi connectivity index (χ0) is 17.6. The van der Waals surface area contributed by atoms with Crippen molar-refractivity contribution in [2.45, 2.75) is 19.9 Å². The van der Waals surface area contributed by atoms with Gasteiger partial charge in [0, 0.05) is 17.2 Å². The van der Waals surface area contributed by atoms with E-state index in [-0.39, 0.29) is 18.6 Å². The molecule has 3 aromatic rings. The number of benzene rings is 2. The molecule has 1 N–H and O–H groups in total. The molecule has 2 aromatic carbocycles. The highest BCUT2D eigenvalue weighted by molar-refractivity contribution is 5.77. The fraction of sp³-hybridized carbons (Fsp3) is 0.211. The number of hydrogen-bond donors (Lipinski definition) is 1. The maximum atomic E-state index is 11.6. The molecule has 0 unspecified atom stereocenters. The van der Waals surface area contributed by atoms with Gasteiger partial charge in [-0.15, -0.1) is 0 Å². The van der Waals surface area contributed by atoms with E-state index in [1.54, 1.807) is 12.1 Å². The zero-order valence-electron chi connectivity index (χ0n) is 14.1. The number of carbonyl (C=O) groups excluding carboxylic acids is 1. The Hall–Kier alpha value is -3.15. The SMILES string of the molecule is CC(C)NC(=O)COc1ccc(-c2nc(-c3ccccc3)no2)cc1. The van der Waals surface area contributed by atoms with Crippen molar-refractivity contribution in [3.05, 3.63) is 54.6 Å². The Morgan fingerprint density at radius 2 is 1.80 bits per heavy atom. The first-order chi connectivity index (χ1) is 12.1. The summed E-state index contributed by atoms with van der Waals surface area (Å²) in [6.45, 7) is 3.79. The van der Waals surface area contributed by atoms with Crippen molar-refractivity contribution in [3.8, 4) is 28.6 Å². The summed E-state index contributed by atoms with van der Waals surface area (Å²) in [5.74, 6) is 1.43. The summed E-state index contributed by atoms with van der Waals surface area (Å²) in [6, 6.07) is 16.9. The van der Waals surface area contributed by atoms with Crippen LogP contribution in [-0.4, -0.2) is 28.7 Å². The number of amides is 1. The minimum absolute atomic E-state index is 0.0176. The molecular formula is C19H19N3O3. The number of hydrogen-bond acceptors (Lipinski definition) is 5. The van der Waals surface area contributed by atoms with Crippen LogP contribution in [-0.2, 0) is 4.79 Å². The molecule has 0 radical (unpaired) electrons. The Morgan fingerprint density at radius 3 is 2.48 bits per heavy atom. The second-order valence-electron chi connectivity index (χ2n) is 5.82. The average Bonchev–Trinajstić information content (AvgIpc) is 3.11. The standard InChI is InChI=1S/C19H19N3O3/c1-13(2)20-17(23)12-24-16-10-8-15(9-11-16)19-21-18(22-25-19)14-6-4-3-5-7-14/h3-11,13H,12H2,1-2H3,(H,20,23). The molecule has 128 valence electrons. The van der Waals surface area contributed by atoms with Crippen molar-refractivity contribution in [1.29, 1.82) is 0 Å². The highest BCUT2D eigenvalue weighted by atomic mass is 16.5. The molecule has 0 atom stereocenters. The summed E-state index contributed by atoms with van der Waals surface area (Å²) in [4.78, 5) is 16.0. The normalized spacial score (nSPS) is 10.7. The topological polar surface area (TPSA) is 77.2 Å². The first-order valence-corrected chi connectivity index (χ1v) is 8.03. The maximum Gasteiger partial charge on any atom is 0.258 e. The molecule has 0 aliphatic carbocycles. The highest BCUT2D eigenvalue weighted by Crippen LogP contribution is 2.24. The predicted molar refractivity (Wildman–Crippen MR) is 93.9 cm³/mol. The molecule has 6 heteroatoms. The van der Waals surface area contributed by atoms with Crippen molar-refractivity contribution in [1.82, 2.24) is 15.5 Å². The van der Waals surface area contributed by atoms with E-state index in [0.717, 1.165) is 11.1 Å². The van der Waals surface area contributed by atoms with E-state index < -0.39 is 0 Å². The maximum absolute atomic E-state index is 11.6. The van der Waals surface area contributed by atoms with Crippen LogP contribution in [0.3, 0.4) is 0 Å². The van der Waals surface area contributed by atoms with Gasteiger partial charge in [0.05, 0.1) is 0 Å². The van der Waals surface area contributed by atoms with Crippen molar-refractivity contribution in [2.75, 3.05) is 6.61 Å². The minimum atomic E-state index is -0.150. The molecule has 0 spiro atoms. The highest BCUT2D eigenvalue weighted by Gasteiger charge is 2.11. The lowest BCUT2D eigenvalue weighted by Crippen LogP contribution is -2.34. The van der Waals surface area contributed by atoms with Gasteiger partial charge < -0.3 is 14.6 Å². The van der Waals surface area contributed by atoms with Gasteiger partial charge in [-0.2, -0.15) is 4.98 Å². The summed E-state index contributed by atoms with van der Waals surface area (Å²) in [7, 11) is 0. The lowest BCUT2D eigenvalue weighted by molar-refractivity contribution is -0.123. The Balaban J connectivity index is 1.65. The fourth-order valence-electron chi connectivity index (χ4n) is 2.25. The monoisotopic (exact) mass is 337 g/mol. The van der Waals surface area contributed by atoms with Gasteiger partial charge in [-0.25, -0.2) is 0 Å². The van der Waals surface area contributed by atoms with Crippen LogP contribution in [0.15, 0.2) is 59.1 Å². The van der Waals surface area contributed by atoms with E-state index in [1.165, 1.54) is 0 Å². The number of aromatic nitrogens is 2. The first-order valence-electron chi connectivity index (χ1n) is 8.03. The summed E-state index contributed by atoms with van der Waals surface area (Å²) in [6.07, 6.45) is 0. The molecule has 3 rings (SSSR count). The van der Waals surface area contributed by atoms with Crippen LogP contribution in [0.1, 0.15) is 13.8 Å². The number of nitrogens with one attached hydrogen (secondary N) is 1. The lowest BCUT2D eigenvalue weighted by Gasteiger charge is -2.09. The van der Waals surface area contributed by atoms with E-state index in [1.807, 2.05) is 56.3 Å². The third-order valence-corrected chi connectivity index (χ3v) is 3.38. The van der Waals surface area contributed by atoms with Gasteiger partial charge in [-0.1, -0.05) is 35.5 Å². The van der Waals surface area contributed by atoms with Gasteiger partial charge in [-0.05, 0) is 38.1 Å². The Labute approximate surface area is 145 Å². The largest absolute Gasteiger partial charge is 0.484 e. The van der Waals surface area contributed by atoms with Gasteiger partial charge in [0.15, 0.2) is 6.61 Å². The molecule has 1 amide bonds. The second-order valence-corrected chi connectivity index (χ2v) is 5.82. The third-order valence-electron chi connectivity index (χ3n) is 3.38. The van der Waals surface area contributed by atoms with E-state index in [0.29, 0.717) is 17.5 Å². The first kappa shape index (κ1) is 16.7. The quantitative estimate of drug-likeness (QED) is 0.747. The molecule has 6 nitrogen and oxygen atoms in total. The lowest BCUT2D eigenvalue weighted by atomic mass is 10.2. The summed E-state index contributed by atoms with van der Waals surface area (Å²) in [5, 5.41) is 6.77. The molecule has 25 heavy (non-hydrogen) atoms. The van der Waals surface area contributed by atoms with Crippen LogP contribution < -0.4 is 10.1 Å². The van der Waals surface area contributed by atoms with Crippen LogP contribution in [0.2, 0.25) is 0 Å². The third kappa shape index (κ3) is 4.44. The van der Waals surface area contributed by atoms with Gasteiger partial charge in [0.2, 0.25) is 5.82 Å². The molecule has 0 fully saturated rings. The molecular weight excluding hydrogens is 318 g/mol. The van der Waals surface area contributed by atoms with Gasteiger partial charge in [-0.3, -0.25) is 4.79 Å². The van der Waals surface area contributed by atoms with Crippen LogP contribution in [0.5, 0.6) is 5.75 Å². The number of rotatable bonds is 6. The van der Waals surface area contributed by atoms with Crippen molar-refractivity contribution >= 4 is 5.91 Å². The van der Waals surface area contributed by atoms with E-state index in [4.69, 9.17) is 9.26 Å². The molecule has 0 aliphatic rings. The second kappa shape index (κ2) is 7.61. The fourth-order valence-corrected chi connectivity index (χ4v) is 2.25. The van der Waals surface area contributed by atoms with Gasteiger partial charge in [0.1, 0.15) is 5.75 Å². The Kier molecular flexibility index (Phi) is 5.09. The van der Waals surface area contributed by atoms with E-state index in [9.17, 15) is 4.79 Å². The molecule has 1 aromatic heterocycles. The van der Waals surface area contributed by atoms with Crippen molar-refractivity contribution in [3.63, 3.8) is 0 Å². The van der Waals surface area contributed by atoms with E-state index >= 15 is 0 Å². The summed E-state index contributed by atoms with van der Waals surface area (Å²) in [5.41, 5.74) is 1.68. The molecule has 0 saturated heterocycles. The number of nitrogens with zero attached hydrogens (tertiary/aromatic N) is 2. The predicted octanol–water partition coefficient (Wildman–Crippen LogP) is 3.31. The number of ether oxygens (including phenoxy) is 1. The molecule has 0 aliphatic heterocycles.